The minimum atomic E-state index is -0.139. The van der Waals surface area contributed by atoms with Gasteiger partial charge < -0.3 is 10.6 Å². The molecule has 23 heavy (non-hydrogen) atoms. The zero-order chi connectivity index (χ0) is 16.7. The number of carbonyl (C=O) groups is 2. The lowest BCUT2D eigenvalue weighted by molar-refractivity contribution is -0.707. The van der Waals surface area contributed by atoms with E-state index in [2.05, 4.69) is 10.6 Å². The van der Waals surface area contributed by atoms with Gasteiger partial charge >= 0.3 is 0 Å². The number of nitrogens with one attached hydrogen (secondary N) is 1. The molecule has 0 heterocycles. The number of ketones is 1. The van der Waals surface area contributed by atoms with Gasteiger partial charge in [0.15, 0.2) is 11.8 Å². The standard InChI is InChI=1S/C19H28N2O2/c1-14(20-16-10-6-4-3-5-7-11-16)19(23)21-18-13-9-8-12-17(18)15(2)22/h8-9,12-14,16,20H,3-7,10-11H2,1-2H3,(H,21,23)/p+1/t14-/m1/s1. The van der Waals surface area contributed by atoms with Crippen molar-refractivity contribution in [1.82, 2.24) is 0 Å². The van der Waals surface area contributed by atoms with Gasteiger partial charge in [-0.05, 0) is 51.7 Å². The molecule has 1 aromatic carbocycles. The number of nitrogens with two attached hydrogens (primary N) is 1. The first-order chi connectivity index (χ1) is 11.1. The summed E-state index contributed by atoms with van der Waals surface area (Å²) in [4.78, 5) is 24.1. The van der Waals surface area contributed by atoms with Gasteiger partial charge in [0, 0.05) is 5.56 Å². The molecule has 4 heteroatoms. The van der Waals surface area contributed by atoms with Crippen molar-refractivity contribution in [3.05, 3.63) is 29.8 Å². The zero-order valence-corrected chi connectivity index (χ0v) is 14.3. The molecule has 1 amide bonds. The second kappa shape index (κ2) is 8.82. The zero-order valence-electron chi connectivity index (χ0n) is 14.3. The minimum absolute atomic E-state index is 0.0271. The summed E-state index contributed by atoms with van der Waals surface area (Å²) in [5.74, 6) is -0.0571. The van der Waals surface area contributed by atoms with E-state index in [9.17, 15) is 9.59 Å². The van der Waals surface area contributed by atoms with Crippen LogP contribution < -0.4 is 10.6 Å². The topological polar surface area (TPSA) is 62.8 Å². The van der Waals surface area contributed by atoms with E-state index in [4.69, 9.17) is 0 Å². The second-order valence-corrected chi connectivity index (χ2v) is 6.68. The van der Waals surface area contributed by atoms with Gasteiger partial charge in [-0.2, -0.15) is 0 Å². The molecule has 0 bridgehead atoms. The van der Waals surface area contributed by atoms with Crippen molar-refractivity contribution >= 4 is 17.4 Å². The molecule has 0 saturated heterocycles. The summed E-state index contributed by atoms with van der Waals surface area (Å²) in [6.45, 7) is 3.47. The fourth-order valence-electron chi connectivity index (χ4n) is 3.32. The van der Waals surface area contributed by atoms with E-state index in [1.807, 2.05) is 19.1 Å². The maximum atomic E-state index is 12.5. The second-order valence-electron chi connectivity index (χ2n) is 6.68. The lowest BCUT2D eigenvalue weighted by Gasteiger charge is -2.22. The van der Waals surface area contributed by atoms with Gasteiger partial charge in [0.25, 0.3) is 5.91 Å². The quantitative estimate of drug-likeness (QED) is 0.820. The van der Waals surface area contributed by atoms with E-state index >= 15 is 0 Å². The van der Waals surface area contributed by atoms with Crippen LogP contribution >= 0.6 is 0 Å². The molecule has 0 spiro atoms. The predicted octanol–water partition coefficient (Wildman–Crippen LogP) is 2.89. The van der Waals surface area contributed by atoms with E-state index in [0.29, 0.717) is 17.3 Å². The number of amides is 1. The van der Waals surface area contributed by atoms with Gasteiger partial charge in [0.2, 0.25) is 0 Å². The monoisotopic (exact) mass is 317 g/mol. The van der Waals surface area contributed by atoms with Gasteiger partial charge in [-0.1, -0.05) is 31.4 Å². The van der Waals surface area contributed by atoms with Gasteiger partial charge in [0.1, 0.15) is 0 Å². The van der Waals surface area contributed by atoms with Crippen molar-refractivity contribution in [3.8, 4) is 0 Å². The maximum Gasteiger partial charge on any atom is 0.282 e. The maximum absolute atomic E-state index is 12.5. The van der Waals surface area contributed by atoms with Gasteiger partial charge in [0.05, 0.1) is 11.7 Å². The summed E-state index contributed by atoms with van der Waals surface area (Å²) in [6.07, 6.45) is 8.91. The fraction of sp³-hybridized carbons (Fsp3) is 0.579. The van der Waals surface area contributed by atoms with Crippen molar-refractivity contribution in [2.45, 2.75) is 70.9 Å². The average molecular weight is 317 g/mol. The van der Waals surface area contributed by atoms with Crippen molar-refractivity contribution in [3.63, 3.8) is 0 Å². The molecule has 0 radical (unpaired) electrons. The summed E-state index contributed by atoms with van der Waals surface area (Å²) in [5.41, 5.74) is 1.18. The lowest BCUT2D eigenvalue weighted by Crippen LogP contribution is -2.96. The van der Waals surface area contributed by atoms with E-state index in [1.165, 1.54) is 51.9 Å². The van der Waals surface area contributed by atoms with Crippen LogP contribution in [-0.2, 0) is 4.79 Å². The Labute approximate surface area is 139 Å². The molecule has 4 nitrogen and oxygen atoms in total. The lowest BCUT2D eigenvalue weighted by atomic mass is 9.96. The number of hydrogen-bond acceptors (Lipinski definition) is 2. The molecule has 1 saturated carbocycles. The number of quaternary nitrogens is 1. The average Bonchev–Trinajstić information content (AvgIpc) is 2.50. The third-order valence-corrected chi connectivity index (χ3v) is 4.69. The van der Waals surface area contributed by atoms with Crippen LogP contribution in [0.4, 0.5) is 5.69 Å². The van der Waals surface area contributed by atoms with Crippen LogP contribution in [0.1, 0.15) is 69.2 Å². The highest BCUT2D eigenvalue weighted by Crippen LogP contribution is 2.16. The number of hydrogen-bond donors (Lipinski definition) is 2. The summed E-state index contributed by atoms with van der Waals surface area (Å²) < 4.78 is 0. The smallest absolute Gasteiger partial charge is 0.282 e. The summed E-state index contributed by atoms with van der Waals surface area (Å²) in [5, 5.41) is 5.12. The third-order valence-electron chi connectivity index (χ3n) is 4.69. The number of benzene rings is 1. The van der Waals surface area contributed by atoms with Crippen molar-refractivity contribution in [1.29, 1.82) is 0 Å². The first-order valence-corrected chi connectivity index (χ1v) is 8.83. The molecule has 1 aliphatic carbocycles. The van der Waals surface area contributed by atoms with Gasteiger partial charge in [-0.25, -0.2) is 0 Å². The molecular formula is C19H29N2O2+. The van der Waals surface area contributed by atoms with Crippen LogP contribution in [0.2, 0.25) is 0 Å². The molecule has 126 valence electrons. The Hall–Kier alpha value is -1.68. The molecule has 1 aliphatic rings. The summed E-state index contributed by atoms with van der Waals surface area (Å²) >= 11 is 0. The summed E-state index contributed by atoms with van der Waals surface area (Å²) in [7, 11) is 0. The minimum Gasteiger partial charge on any atom is -0.334 e. The number of carbonyl (C=O) groups excluding carboxylic acids is 2. The Balaban J connectivity index is 1.93. The van der Waals surface area contributed by atoms with E-state index in [-0.39, 0.29) is 17.7 Å². The highest BCUT2D eigenvalue weighted by molar-refractivity contribution is 6.04. The van der Waals surface area contributed by atoms with Crippen LogP contribution in [0, 0.1) is 0 Å². The number of anilines is 1. The largest absolute Gasteiger partial charge is 0.334 e. The molecule has 3 N–H and O–H groups in total. The van der Waals surface area contributed by atoms with Crippen molar-refractivity contribution in [2.75, 3.05) is 5.32 Å². The normalized spacial score (nSPS) is 17.8. The van der Waals surface area contributed by atoms with E-state index in [0.717, 1.165) is 0 Å². The Bertz CT molecular complexity index is 534. The molecule has 0 aliphatic heterocycles. The Morgan fingerprint density at radius 3 is 2.35 bits per heavy atom. The highest BCUT2D eigenvalue weighted by Gasteiger charge is 2.23. The molecule has 1 atom stereocenters. The number of rotatable bonds is 5. The van der Waals surface area contributed by atoms with E-state index in [1.54, 1.807) is 12.1 Å². The first-order valence-electron chi connectivity index (χ1n) is 8.83. The van der Waals surface area contributed by atoms with Crippen LogP contribution in [0.5, 0.6) is 0 Å². The van der Waals surface area contributed by atoms with Crippen LogP contribution in [0.3, 0.4) is 0 Å². The van der Waals surface area contributed by atoms with Gasteiger partial charge in [-0.15, -0.1) is 0 Å². The van der Waals surface area contributed by atoms with Gasteiger partial charge in [-0.3, -0.25) is 9.59 Å². The van der Waals surface area contributed by atoms with E-state index < -0.39 is 0 Å². The number of Topliss-reactive ketones (excluding diaryl/α,β-unsaturated/α-hetero) is 1. The molecular weight excluding hydrogens is 288 g/mol. The van der Waals surface area contributed by atoms with Crippen LogP contribution in [0.25, 0.3) is 0 Å². The Morgan fingerprint density at radius 2 is 1.70 bits per heavy atom. The van der Waals surface area contributed by atoms with Crippen LogP contribution in [0.15, 0.2) is 24.3 Å². The SMILES string of the molecule is CC(=O)c1ccccc1NC(=O)[C@@H](C)[NH2+]C1CCCCCCC1. The molecule has 1 aromatic rings. The fourth-order valence-corrected chi connectivity index (χ4v) is 3.32. The molecule has 0 unspecified atom stereocenters. The third kappa shape index (κ3) is 5.47. The molecule has 0 aromatic heterocycles. The molecule has 1 fully saturated rings. The molecule has 2 rings (SSSR count). The van der Waals surface area contributed by atoms with Crippen LogP contribution in [-0.4, -0.2) is 23.8 Å². The Kier molecular flexibility index (Phi) is 6.78. The predicted molar refractivity (Wildman–Crippen MR) is 92.6 cm³/mol. The summed E-state index contributed by atoms with van der Waals surface area (Å²) in [6, 6.07) is 7.60. The Morgan fingerprint density at radius 1 is 1.09 bits per heavy atom. The first kappa shape index (κ1) is 17.7. The number of para-hydroxylation sites is 1. The highest BCUT2D eigenvalue weighted by atomic mass is 16.2. The van der Waals surface area contributed by atoms with Crippen molar-refractivity contribution < 1.29 is 14.9 Å². The van der Waals surface area contributed by atoms with Crippen molar-refractivity contribution in [2.24, 2.45) is 0 Å².